The molecule has 0 saturated heterocycles. The lowest BCUT2D eigenvalue weighted by Gasteiger charge is -2.24. The Labute approximate surface area is 125 Å². The SMILES string of the molecule is CN(C)C(=O)COc1ccc(Cl)cc1C1CCCCC1. The average Bonchev–Trinajstić information content (AvgIpc) is 2.46. The first kappa shape index (κ1) is 15.2. The predicted molar refractivity (Wildman–Crippen MR) is 81.5 cm³/mol. The molecule has 0 unspecified atom stereocenters. The van der Waals surface area contributed by atoms with Crippen LogP contribution in [0.5, 0.6) is 5.75 Å². The van der Waals surface area contributed by atoms with Gasteiger partial charge in [-0.05, 0) is 42.5 Å². The van der Waals surface area contributed by atoms with E-state index >= 15 is 0 Å². The number of benzene rings is 1. The summed E-state index contributed by atoms with van der Waals surface area (Å²) in [6, 6.07) is 5.70. The lowest BCUT2D eigenvalue weighted by molar-refractivity contribution is -0.130. The largest absolute Gasteiger partial charge is 0.483 e. The fraction of sp³-hybridized carbons (Fsp3) is 0.562. The Morgan fingerprint density at radius 2 is 2.00 bits per heavy atom. The van der Waals surface area contributed by atoms with E-state index in [0.717, 1.165) is 16.3 Å². The van der Waals surface area contributed by atoms with Gasteiger partial charge in [0.25, 0.3) is 5.91 Å². The summed E-state index contributed by atoms with van der Waals surface area (Å²) in [5.74, 6) is 1.28. The molecule has 1 saturated carbocycles. The van der Waals surface area contributed by atoms with Crippen LogP contribution in [0.25, 0.3) is 0 Å². The van der Waals surface area contributed by atoms with E-state index in [1.54, 1.807) is 14.1 Å². The van der Waals surface area contributed by atoms with Gasteiger partial charge in [-0.2, -0.15) is 0 Å². The quantitative estimate of drug-likeness (QED) is 0.844. The Morgan fingerprint density at radius 1 is 1.30 bits per heavy atom. The lowest BCUT2D eigenvalue weighted by Crippen LogP contribution is -2.27. The van der Waals surface area contributed by atoms with E-state index in [0.29, 0.717) is 5.92 Å². The molecule has 20 heavy (non-hydrogen) atoms. The van der Waals surface area contributed by atoms with Crippen LogP contribution in [0, 0.1) is 0 Å². The van der Waals surface area contributed by atoms with Gasteiger partial charge in [0.1, 0.15) is 5.75 Å². The molecule has 4 heteroatoms. The van der Waals surface area contributed by atoms with Crippen molar-refractivity contribution in [3.63, 3.8) is 0 Å². The highest BCUT2D eigenvalue weighted by Gasteiger charge is 2.20. The molecule has 0 N–H and O–H groups in total. The van der Waals surface area contributed by atoms with Crippen LogP contribution in [-0.4, -0.2) is 31.5 Å². The molecular weight excluding hydrogens is 274 g/mol. The van der Waals surface area contributed by atoms with Gasteiger partial charge in [0.05, 0.1) is 0 Å². The Hall–Kier alpha value is -1.22. The number of ether oxygens (including phenoxy) is 1. The van der Waals surface area contributed by atoms with Crippen LogP contribution in [0.3, 0.4) is 0 Å². The zero-order valence-corrected chi connectivity index (χ0v) is 12.9. The van der Waals surface area contributed by atoms with E-state index in [9.17, 15) is 4.79 Å². The molecule has 0 heterocycles. The maximum atomic E-state index is 11.6. The fourth-order valence-electron chi connectivity index (χ4n) is 2.65. The predicted octanol–water partition coefficient (Wildman–Crippen LogP) is 3.85. The number of nitrogens with zero attached hydrogens (tertiary/aromatic N) is 1. The standard InChI is InChI=1S/C16H22ClNO2/c1-18(2)16(19)11-20-15-9-8-13(17)10-14(15)12-6-4-3-5-7-12/h8-10,12H,3-7,11H2,1-2H3. The van der Waals surface area contributed by atoms with Crippen molar-refractivity contribution in [3.8, 4) is 5.75 Å². The second kappa shape index (κ2) is 6.98. The van der Waals surface area contributed by atoms with Gasteiger partial charge in [0, 0.05) is 19.1 Å². The van der Waals surface area contributed by atoms with Crippen molar-refractivity contribution in [2.75, 3.05) is 20.7 Å². The van der Waals surface area contributed by atoms with Gasteiger partial charge >= 0.3 is 0 Å². The molecule has 110 valence electrons. The van der Waals surface area contributed by atoms with Gasteiger partial charge in [0.15, 0.2) is 6.61 Å². The summed E-state index contributed by atoms with van der Waals surface area (Å²) in [5, 5.41) is 0.733. The number of likely N-dealkylation sites (N-methyl/N-ethyl adjacent to an activating group) is 1. The van der Waals surface area contributed by atoms with E-state index in [1.807, 2.05) is 18.2 Å². The van der Waals surface area contributed by atoms with Crippen molar-refractivity contribution >= 4 is 17.5 Å². The summed E-state index contributed by atoms with van der Waals surface area (Å²) >= 11 is 6.12. The summed E-state index contributed by atoms with van der Waals surface area (Å²) < 4.78 is 5.72. The minimum Gasteiger partial charge on any atom is -0.483 e. The van der Waals surface area contributed by atoms with Crippen LogP contribution in [0.1, 0.15) is 43.6 Å². The maximum Gasteiger partial charge on any atom is 0.259 e. The second-order valence-corrected chi connectivity index (χ2v) is 6.03. The summed E-state index contributed by atoms with van der Waals surface area (Å²) in [6.07, 6.45) is 6.18. The molecule has 1 amide bonds. The van der Waals surface area contributed by atoms with Gasteiger partial charge < -0.3 is 9.64 Å². The molecular formula is C16H22ClNO2. The zero-order chi connectivity index (χ0) is 14.5. The van der Waals surface area contributed by atoms with Crippen LogP contribution < -0.4 is 4.74 Å². The molecule has 0 aliphatic heterocycles. The molecule has 3 nitrogen and oxygen atoms in total. The topological polar surface area (TPSA) is 29.5 Å². The van der Waals surface area contributed by atoms with Crippen molar-refractivity contribution in [1.29, 1.82) is 0 Å². The first-order valence-corrected chi connectivity index (χ1v) is 7.58. The first-order chi connectivity index (χ1) is 9.58. The number of rotatable bonds is 4. The van der Waals surface area contributed by atoms with Gasteiger partial charge in [-0.3, -0.25) is 4.79 Å². The molecule has 1 aliphatic rings. The van der Waals surface area contributed by atoms with Crippen molar-refractivity contribution in [2.24, 2.45) is 0 Å². The monoisotopic (exact) mass is 295 g/mol. The van der Waals surface area contributed by atoms with E-state index in [2.05, 4.69) is 0 Å². The van der Waals surface area contributed by atoms with Crippen LogP contribution in [-0.2, 0) is 4.79 Å². The molecule has 1 aromatic rings. The minimum atomic E-state index is -0.0328. The number of hydrogen-bond donors (Lipinski definition) is 0. The number of hydrogen-bond acceptors (Lipinski definition) is 2. The highest BCUT2D eigenvalue weighted by Crippen LogP contribution is 2.38. The third kappa shape index (κ3) is 3.89. The Kier molecular flexibility index (Phi) is 5.30. The van der Waals surface area contributed by atoms with Crippen LogP contribution in [0.2, 0.25) is 5.02 Å². The second-order valence-electron chi connectivity index (χ2n) is 5.59. The summed E-state index contributed by atoms with van der Waals surface area (Å²) in [7, 11) is 3.46. The first-order valence-electron chi connectivity index (χ1n) is 7.20. The van der Waals surface area contributed by atoms with Crippen molar-refractivity contribution < 1.29 is 9.53 Å². The molecule has 0 aromatic heterocycles. The molecule has 1 fully saturated rings. The Bertz CT molecular complexity index is 468. The number of amides is 1. The smallest absolute Gasteiger partial charge is 0.259 e. The average molecular weight is 296 g/mol. The van der Waals surface area contributed by atoms with Gasteiger partial charge in [-0.15, -0.1) is 0 Å². The van der Waals surface area contributed by atoms with E-state index in [4.69, 9.17) is 16.3 Å². The van der Waals surface area contributed by atoms with Gasteiger partial charge in [0.2, 0.25) is 0 Å². The van der Waals surface area contributed by atoms with Gasteiger partial charge in [-0.1, -0.05) is 30.9 Å². The summed E-state index contributed by atoms with van der Waals surface area (Å²) in [5.41, 5.74) is 1.16. The number of carbonyl (C=O) groups is 1. The molecule has 0 atom stereocenters. The maximum absolute atomic E-state index is 11.6. The Balaban J connectivity index is 2.12. The minimum absolute atomic E-state index is 0.0328. The zero-order valence-electron chi connectivity index (χ0n) is 12.2. The number of carbonyl (C=O) groups excluding carboxylic acids is 1. The van der Waals surface area contributed by atoms with Crippen molar-refractivity contribution in [3.05, 3.63) is 28.8 Å². The van der Waals surface area contributed by atoms with Crippen LogP contribution >= 0.6 is 11.6 Å². The van der Waals surface area contributed by atoms with E-state index in [-0.39, 0.29) is 12.5 Å². The molecule has 0 spiro atoms. The van der Waals surface area contributed by atoms with Crippen molar-refractivity contribution in [1.82, 2.24) is 4.90 Å². The van der Waals surface area contributed by atoms with E-state index < -0.39 is 0 Å². The third-order valence-electron chi connectivity index (χ3n) is 3.87. The van der Waals surface area contributed by atoms with Crippen LogP contribution in [0.4, 0.5) is 0 Å². The number of halogens is 1. The summed E-state index contributed by atoms with van der Waals surface area (Å²) in [4.78, 5) is 13.2. The molecule has 1 aliphatic carbocycles. The molecule has 2 rings (SSSR count). The van der Waals surface area contributed by atoms with Gasteiger partial charge in [-0.25, -0.2) is 0 Å². The Morgan fingerprint density at radius 3 is 2.65 bits per heavy atom. The van der Waals surface area contributed by atoms with E-state index in [1.165, 1.54) is 37.0 Å². The lowest BCUT2D eigenvalue weighted by atomic mass is 9.84. The highest BCUT2D eigenvalue weighted by atomic mass is 35.5. The normalized spacial score (nSPS) is 15.9. The summed E-state index contributed by atoms with van der Waals surface area (Å²) in [6.45, 7) is 0.0777. The van der Waals surface area contributed by atoms with Crippen molar-refractivity contribution in [2.45, 2.75) is 38.0 Å². The third-order valence-corrected chi connectivity index (χ3v) is 4.10. The molecule has 0 bridgehead atoms. The molecule has 1 aromatic carbocycles. The highest BCUT2D eigenvalue weighted by molar-refractivity contribution is 6.30. The fourth-order valence-corrected chi connectivity index (χ4v) is 2.83. The molecule has 0 radical (unpaired) electrons. The van der Waals surface area contributed by atoms with Crippen LogP contribution in [0.15, 0.2) is 18.2 Å².